The Morgan fingerprint density at radius 3 is 3.00 bits per heavy atom. The van der Waals surface area contributed by atoms with Crippen molar-refractivity contribution in [3.63, 3.8) is 0 Å². The van der Waals surface area contributed by atoms with Gasteiger partial charge in [-0.3, -0.25) is 4.79 Å². The molecule has 0 aromatic heterocycles. The van der Waals surface area contributed by atoms with Crippen LogP contribution in [0.25, 0.3) is 0 Å². The monoisotopic (exact) mass is 186 g/mol. The number of rotatable bonds is 3. The summed E-state index contributed by atoms with van der Waals surface area (Å²) in [5.41, 5.74) is 0. The number of likely N-dealkylation sites (tertiary alicyclic amines) is 1. The van der Waals surface area contributed by atoms with Gasteiger partial charge in [-0.1, -0.05) is 0 Å². The number of hydrogen-bond acceptors (Lipinski definition) is 4. The molecule has 5 heteroatoms. The minimum Gasteiger partial charge on any atom is -0.390 e. The second kappa shape index (κ2) is 4.34. The smallest absolute Gasteiger partial charge is 0.237 e. The normalized spacial score (nSPS) is 27.7. The van der Waals surface area contributed by atoms with E-state index in [2.05, 4.69) is 5.32 Å². The molecule has 1 unspecified atom stereocenters. The molecule has 1 amide bonds. The van der Waals surface area contributed by atoms with Crippen molar-refractivity contribution in [2.45, 2.75) is 18.6 Å². The van der Waals surface area contributed by atoms with Gasteiger partial charge in [0.2, 0.25) is 5.91 Å². The average molecular weight is 186 g/mol. The highest BCUT2D eigenvalue weighted by Gasteiger charge is 2.34. The maximum atomic E-state index is 11.4. The zero-order chi connectivity index (χ0) is 9.84. The summed E-state index contributed by atoms with van der Waals surface area (Å²) in [6.07, 6.45) is 0.419. The van der Waals surface area contributed by atoms with E-state index in [4.69, 9.17) is 0 Å². The van der Waals surface area contributed by atoms with Crippen LogP contribution in [0.15, 0.2) is 0 Å². The Hall–Kier alpha value is -0.940. The van der Waals surface area contributed by atoms with Crippen LogP contribution < -0.4 is 5.32 Å². The van der Waals surface area contributed by atoms with Crippen LogP contribution in [0.5, 0.6) is 0 Å². The van der Waals surface area contributed by atoms with Crippen LogP contribution in [0, 0.1) is 0 Å². The number of amides is 1. The van der Waals surface area contributed by atoms with Crippen LogP contribution in [-0.4, -0.2) is 54.5 Å². The van der Waals surface area contributed by atoms with E-state index in [9.17, 15) is 14.7 Å². The van der Waals surface area contributed by atoms with Crippen molar-refractivity contribution in [2.24, 2.45) is 0 Å². The molecule has 1 rings (SSSR count). The lowest BCUT2D eigenvalue weighted by molar-refractivity contribution is -0.134. The van der Waals surface area contributed by atoms with Gasteiger partial charge in [-0.05, 0) is 13.5 Å². The van der Waals surface area contributed by atoms with E-state index in [-0.39, 0.29) is 12.5 Å². The van der Waals surface area contributed by atoms with Gasteiger partial charge in [-0.25, -0.2) is 0 Å². The topological polar surface area (TPSA) is 69.6 Å². The number of carbonyl (C=O) groups is 2. The fraction of sp³-hybridized carbons (Fsp3) is 0.750. The highest BCUT2D eigenvalue weighted by molar-refractivity contribution is 5.82. The molecular weight excluding hydrogens is 172 g/mol. The first-order valence-electron chi connectivity index (χ1n) is 4.28. The van der Waals surface area contributed by atoms with Gasteiger partial charge in [0.1, 0.15) is 12.3 Å². The van der Waals surface area contributed by atoms with Gasteiger partial charge in [-0.15, -0.1) is 0 Å². The Morgan fingerprint density at radius 1 is 1.77 bits per heavy atom. The van der Waals surface area contributed by atoms with Crippen LogP contribution in [0.4, 0.5) is 0 Å². The number of nitrogens with zero attached hydrogens (tertiary/aromatic N) is 1. The predicted molar refractivity (Wildman–Crippen MR) is 46.1 cm³/mol. The van der Waals surface area contributed by atoms with E-state index in [0.29, 0.717) is 19.3 Å². The minimum atomic E-state index is -0.696. The Morgan fingerprint density at radius 2 is 2.46 bits per heavy atom. The third kappa shape index (κ3) is 2.05. The van der Waals surface area contributed by atoms with Crippen LogP contribution in [-0.2, 0) is 9.59 Å². The van der Waals surface area contributed by atoms with E-state index < -0.39 is 12.1 Å². The Bertz CT molecular complexity index is 208. The molecule has 13 heavy (non-hydrogen) atoms. The quantitative estimate of drug-likeness (QED) is 0.519. The lowest BCUT2D eigenvalue weighted by Crippen LogP contribution is -2.44. The molecule has 1 saturated heterocycles. The van der Waals surface area contributed by atoms with Crippen molar-refractivity contribution < 1.29 is 14.7 Å². The molecule has 0 aromatic rings. The number of likely N-dealkylation sites (N-methyl/N-ethyl adjacent to an activating group) is 1. The number of aliphatic hydroxyl groups is 1. The SMILES string of the molecule is CNCC(=O)N1CCC(O)[C@H]1C=O. The number of nitrogens with one attached hydrogen (secondary N) is 1. The Kier molecular flexibility index (Phi) is 3.39. The van der Waals surface area contributed by atoms with Gasteiger partial charge in [0, 0.05) is 6.54 Å². The highest BCUT2D eigenvalue weighted by atomic mass is 16.3. The predicted octanol–water partition coefficient (Wildman–Crippen LogP) is -1.63. The number of aldehydes is 1. The molecule has 0 radical (unpaired) electrons. The zero-order valence-electron chi connectivity index (χ0n) is 7.56. The van der Waals surface area contributed by atoms with E-state index >= 15 is 0 Å². The van der Waals surface area contributed by atoms with Crippen LogP contribution >= 0.6 is 0 Å². The fourth-order valence-electron chi connectivity index (χ4n) is 1.51. The average Bonchev–Trinajstić information content (AvgIpc) is 2.47. The van der Waals surface area contributed by atoms with Gasteiger partial charge >= 0.3 is 0 Å². The summed E-state index contributed by atoms with van der Waals surface area (Å²) in [5.74, 6) is -0.142. The number of aliphatic hydroxyl groups excluding tert-OH is 1. The lowest BCUT2D eigenvalue weighted by Gasteiger charge is -2.21. The van der Waals surface area contributed by atoms with Crippen LogP contribution in [0.3, 0.4) is 0 Å². The highest BCUT2D eigenvalue weighted by Crippen LogP contribution is 2.15. The second-order valence-electron chi connectivity index (χ2n) is 3.10. The maximum Gasteiger partial charge on any atom is 0.237 e. The fourth-order valence-corrected chi connectivity index (χ4v) is 1.51. The molecule has 0 saturated carbocycles. The molecule has 2 N–H and O–H groups in total. The van der Waals surface area contributed by atoms with Gasteiger partial charge in [0.25, 0.3) is 0 Å². The van der Waals surface area contributed by atoms with Crippen molar-refractivity contribution in [3.05, 3.63) is 0 Å². The number of hydrogen-bond donors (Lipinski definition) is 2. The molecule has 0 aromatic carbocycles. The molecule has 0 aliphatic carbocycles. The molecule has 0 spiro atoms. The minimum absolute atomic E-state index is 0.142. The molecule has 1 aliphatic rings. The molecule has 1 heterocycles. The van der Waals surface area contributed by atoms with Gasteiger partial charge < -0.3 is 20.1 Å². The van der Waals surface area contributed by atoms with Crippen LogP contribution in [0.1, 0.15) is 6.42 Å². The Balaban J connectivity index is 2.59. The van der Waals surface area contributed by atoms with Gasteiger partial charge in [0.05, 0.1) is 12.6 Å². The lowest BCUT2D eigenvalue weighted by atomic mass is 10.2. The first-order valence-corrected chi connectivity index (χ1v) is 4.28. The summed E-state index contributed by atoms with van der Waals surface area (Å²) in [4.78, 5) is 23.3. The van der Waals surface area contributed by atoms with Crippen LogP contribution in [0.2, 0.25) is 0 Å². The van der Waals surface area contributed by atoms with E-state index in [0.717, 1.165) is 0 Å². The van der Waals surface area contributed by atoms with Crippen molar-refractivity contribution >= 4 is 12.2 Å². The molecule has 0 bridgehead atoms. The van der Waals surface area contributed by atoms with Crippen molar-refractivity contribution in [2.75, 3.05) is 20.1 Å². The summed E-state index contributed by atoms with van der Waals surface area (Å²) >= 11 is 0. The summed E-state index contributed by atoms with van der Waals surface area (Å²) in [6.45, 7) is 0.669. The first kappa shape index (κ1) is 10.1. The molecule has 1 aliphatic heterocycles. The van der Waals surface area contributed by atoms with Gasteiger partial charge in [-0.2, -0.15) is 0 Å². The molecule has 5 nitrogen and oxygen atoms in total. The third-order valence-corrected chi connectivity index (χ3v) is 2.21. The third-order valence-electron chi connectivity index (χ3n) is 2.21. The first-order chi connectivity index (χ1) is 6.20. The molecule has 74 valence electrons. The van der Waals surface area contributed by atoms with E-state index in [1.165, 1.54) is 4.90 Å². The molecule has 1 fully saturated rings. The van der Waals surface area contributed by atoms with Crippen molar-refractivity contribution in [3.8, 4) is 0 Å². The van der Waals surface area contributed by atoms with Crippen molar-refractivity contribution in [1.29, 1.82) is 0 Å². The second-order valence-corrected chi connectivity index (χ2v) is 3.10. The van der Waals surface area contributed by atoms with E-state index in [1.54, 1.807) is 7.05 Å². The zero-order valence-corrected chi connectivity index (χ0v) is 7.56. The summed E-state index contributed by atoms with van der Waals surface area (Å²) in [7, 11) is 1.67. The summed E-state index contributed by atoms with van der Waals surface area (Å²) in [6, 6.07) is -0.652. The number of carbonyl (C=O) groups excluding carboxylic acids is 2. The van der Waals surface area contributed by atoms with Crippen molar-refractivity contribution in [1.82, 2.24) is 10.2 Å². The van der Waals surface area contributed by atoms with E-state index in [1.807, 2.05) is 0 Å². The summed E-state index contributed by atoms with van der Waals surface area (Å²) < 4.78 is 0. The molecule has 2 atom stereocenters. The Labute approximate surface area is 76.7 Å². The standard InChI is InChI=1S/C8H14N2O3/c1-9-4-8(13)10-3-2-7(12)6(10)5-11/h5-7,9,12H,2-4H2,1H3/t6-,7?/m1/s1. The van der Waals surface area contributed by atoms with Gasteiger partial charge in [0.15, 0.2) is 0 Å². The largest absolute Gasteiger partial charge is 0.390 e. The maximum absolute atomic E-state index is 11.4. The molecular formula is C8H14N2O3. The summed E-state index contributed by atoms with van der Waals surface area (Å²) in [5, 5.41) is 12.0.